The normalized spacial score (nSPS) is 12.3. The Morgan fingerprint density at radius 3 is 2.67 bits per heavy atom. The first-order chi connectivity index (χ1) is 7.11. The summed E-state index contributed by atoms with van der Waals surface area (Å²) in [5.74, 6) is -0.728. The fraction of sp³-hybridized carbons (Fsp3) is 0.364. The van der Waals surface area contributed by atoms with Crippen molar-refractivity contribution in [1.29, 1.82) is 0 Å². The van der Waals surface area contributed by atoms with Gasteiger partial charge in [-0.05, 0) is 30.9 Å². The molecule has 1 aromatic carbocycles. The molecule has 0 fully saturated rings. The summed E-state index contributed by atoms with van der Waals surface area (Å²) in [5, 5.41) is 18.0. The molecule has 0 amide bonds. The Labute approximate surface area is 88.3 Å². The molecule has 0 radical (unpaired) electrons. The fourth-order valence-corrected chi connectivity index (χ4v) is 1.36. The number of carbonyl (C=O) groups is 1. The average Bonchev–Trinajstić information content (AvgIpc) is 2.20. The molecule has 0 aliphatic carbocycles. The Morgan fingerprint density at radius 1 is 1.40 bits per heavy atom. The van der Waals surface area contributed by atoms with E-state index in [1.165, 1.54) is 0 Å². The molecule has 4 nitrogen and oxygen atoms in total. The van der Waals surface area contributed by atoms with Crippen molar-refractivity contribution in [2.75, 3.05) is 0 Å². The molecule has 0 unspecified atom stereocenters. The number of carboxylic acids is 1. The quantitative estimate of drug-likeness (QED) is 0.678. The number of para-hydroxylation sites is 1. The summed E-state index contributed by atoms with van der Waals surface area (Å²) < 4.78 is 0. The van der Waals surface area contributed by atoms with Crippen LogP contribution in [-0.2, 0) is 11.2 Å². The lowest BCUT2D eigenvalue weighted by molar-refractivity contribution is -0.138. The molecule has 0 saturated heterocycles. The summed E-state index contributed by atoms with van der Waals surface area (Å²) >= 11 is 0. The zero-order valence-corrected chi connectivity index (χ0v) is 8.39. The fourth-order valence-electron chi connectivity index (χ4n) is 1.36. The van der Waals surface area contributed by atoms with Crippen molar-refractivity contribution in [1.82, 2.24) is 0 Å². The Morgan fingerprint density at radius 2 is 2.07 bits per heavy atom. The number of nitrogens with two attached hydrogens (primary N) is 1. The molecule has 15 heavy (non-hydrogen) atoms. The zero-order chi connectivity index (χ0) is 11.3. The molecule has 0 spiro atoms. The highest BCUT2D eigenvalue weighted by Crippen LogP contribution is 2.17. The van der Waals surface area contributed by atoms with Crippen LogP contribution in [-0.4, -0.2) is 22.2 Å². The first-order valence-corrected chi connectivity index (χ1v) is 4.86. The van der Waals surface area contributed by atoms with Gasteiger partial charge in [0, 0.05) is 0 Å². The van der Waals surface area contributed by atoms with Crippen LogP contribution in [0.4, 0.5) is 0 Å². The molecule has 4 heteroatoms. The summed E-state index contributed by atoms with van der Waals surface area (Å²) in [7, 11) is 0. The van der Waals surface area contributed by atoms with E-state index < -0.39 is 12.0 Å². The standard InChI is InChI=1S/C11H15NO3/c12-9(11(14)15)6-3-5-8-4-1-2-7-10(8)13/h1-2,4,7,9,13H,3,5-6,12H2,(H,14,15)/t9-/m0/s1. The van der Waals surface area contributed by atoms with Gasteiger partial charge in [-0.15, -0.1) is 0 Å². The number of aryl methyl sites for hydroxylation is 1. The minimum absolute atomic E-state index is 0.251. The molecule has 82 valence electrons. The summed E-state index contributed by atoms with van der Waals surface area (Å²) in [4.78, 5) is 10.4. The van der Waals surface area contributed by atoms with Gasteiger partial charge in [-0.2, -0.15) is 0 Å². The second-order valence-electron chi connectivity index (χ2n) is 3.47. The molecule has 0 bridgehead atoms. The van der Waals surface area contributed by atoms with E-state index in [4.69, 9.17) is 10.8 Å². The SMILES string of the molecule is N[C@@H](CCCc1ccccc1O)C(=O)O. The van der Waals surface area contributed by atoms with Crippen LogP contribution in [0.25, 0.3) is 0 Å². The largest absolute Gasteiger partial charge is 0.508 e. The van der Waals surface area contributed by atoms with Crippen LogP contribution in [0.15, 0.2) is 24.3 Å². The third kappa shape index (κ3) is 3.59. The highest BCUT2D eigenvalue weighted by Gasteiger charge is 2.10. The number of hydrogen-bond acceptors (Lipinski definition) is 3. The van der Waals surface area contributed by atoms with Crippen LogP contribution in [0.5, 0.6) is 5.75 Å². The zero-order valence-electron chi connectivity index (χ0n) is 8.39. The molecule has 0 aliphatic rings. The van der Waals surface area contributed by atoms with Crippen LogP contribution >= 0.6 is 0 Å². The highest BCUT2D eigenvalue weighted by atomic mass is 16.4. The van der Waals surface area contributed by atoms with Gasteiger partial charge in [-0.1, -0.05) is 18.2 Å². The van der Waals surface area contributed by atoms with E-state index in [1.807, 2.05) is 12.1 Å². The minimum atomic E-state index is -0.979. The summed E-state index contributed by atoms with van der Waals surface area (Å²) in [6.45, 7) is 0. The van der Waals surface area contributed by atoms with Crippen LogP contribution in [0, 0.1) is 0 Å². The van der Waals surface area contributed by atoms with Crippen molar-refractivity contribution in [3.05, 3.63) is 29.8 Å². The molecule has 1 rings (SSSR count). The number of phenols is 1. The van der Waals surface area contributed by atoms with Gasteiger partial charge in [-0.3, -0.25) is 4.79 Å². The number of phenolic OH excluding ortho intramolecular Hbond substituents is 1. The first kappa shape index (κ1) is 11.5. The molecule has 1 aromatic rings. The van der Waals surface area contributed by atoms with Gasteiger partial charge in [0.15, 0.2) is 0 Å². The third-order valence-electron chi connectivity index (χ3n) is 2.27. The van der Waals surface area contributed by atoms with E-state index in [0.717, 1.165) is 5.56 Å². The van der Waals surface area contributed by atoms with Crippen molar-refractivity contribution >= 4 is 5.97 Å². The monoisotopic (exact) mass is 209 g/mol. The maximum atomic E-state index is 10.4. The van der Waals surface area contributed by atoms with Crippen LogP contribution in [0.3, 0.4) is 0 Å². The van der Waals surface area contributed by atoms with Crippen LogP contribution < -0.4 is 5.73 Å². The van der Waals surface area contributed by atoms with E-state index in [-0.39, 0.29) is 5.75 Å². The number of aromatic hydroxyl groups is 1. The topological polar surface area (TPSA) is 83.5 Å². The van der Waals surface area contributed by atoms with Crippen molar-refractivity contribution < 1.29 is 15.0 Å². The maximum Gasteiger partial charge on any atom is 0.320 e. The maximum absolute atomic E-state index is 10.4. The molecule has 4 N–H and O–H groups in total. The van der Waals surface area contributed by atoms with Gasteiger partial charge >= 0.3 is 5.97 Å². The molecular weight excluding hydrogens is 194 g/mol. The third-order valence-corrected chi connectivity index (χ3v) is 2.27. The highest BCUT2D eigenvalue weighted by molar-refractivity contribution is 5.72. The average molecular weight is 209 g/mol. The molecule has 0 saturated carbocycles. The second-order valence-corrected chi connectivity index (χ2v) is 3.47. The van der Waals surface area contributed by atoms with E-state index in [0.29, 0.717) is 19.3 Å². The number of rotatable bonds is 5. The Bertz CT molecular complexity index is 338. The van der Waals surface area contributed by atoms with Gasteiger partial charge in [0.25, 0.3) is 0 Å². The second kappa shape index (κ2) is 5.36. The lowest BCUT2D eigenvalue weighted by Crippen LogP contribution is -2.29. The number of carboxylic acid groups (broad SMARTS) is 1. The Hall–Kier alpha value is -1.55. The van der Waals surface area contributed by atoms with Crippen molar-refractivity contribution in [3.8, 4) is 5.75 Å². The van der Waals surface area contributed by atoms with E-state index in [9.17, 15) is 9.90 Å². The first-order valence-electron chi connectivity index (χ1n) is 4.86. The van der Waals surface area contributed by atoms with Gasteiger partial charge in [0.2, 0.25) is 0 Å². The van der Waals surface area contributed by atoms with Gasteiger partial charge < -0.3 is 15.9 Å². The van der Waals surface area contributed by atoms with E-state index in [2.05, 4.69) is 0 Å². The smallest absolute Gasteiger partial charge is 0.320 e. The van der Waals surface area contributed by atoms with E-state index in [1.54, 1.807) is 12.1 Å². The van der Waals surface area contributed by atoms with Crippen LogP contribution in [0.1, 0.15) is 18.4 Å². The summed E-state index contributed by atoms with van der Waals surface area (Å²) in [5.41, 5.74) is 6.19. The molecule has 0 aromatic heterocycles. The Kier molecular flexibility index (Phi) is 4.12. The summed E-state index contributed by atoms with van der Waals surface area (Å²) in [6, 6.07) is 6.22. The molecule has 1 atom stereocenters. The van der Waals surface area contributed by atoms with Crippen LogP contribution in [0.2, 0.25) is 0 Å². The molecular formula is C11H15NO3. The van der Waals surface area contributed by atoms with Crippen molar-refractivity contribution in [3.63, 3.8) is 0 Å². The Balaban J connectivity index is 2.38. The van der Waals surface area contributed by atoms with Gasteiger partial charge in [-0.25, -0.2) is 0 Å². The number of hydrogen-bond donors (Lipinski definition) is 3. The number of aliphatic carboxylic acids is 1. The predicted molar refractivity (Wildman–Crippen MR) is 56.7 cm³/mol. The van der Waals surface area contributed by atoms with Gasteiger partial charge in [0.1, 0.15) is 11.8 Å². The van der Waals surface area contributed by atoms with Crippen molar-refractivity contribution in [2.45, 2.75) is 25.3 Å². The van der Waals surface area contributed by atoms with E-state index >= 15 is 0 Å². The number of benzene rings is 1. The predicted octanol–water partition coefficient (Wildman–Crippen LogP) is 1.13. The van der Waals surface area contributed by atoms with Crippen molar-refractivity contribution in [2.24, 2.45) is 5.73 Å². The summed E-state index contributed by atoms with van der Waals surface area (Å²) in [6.07, 6.45) is 1.72. The minimum Gasteiger partial charge on any atom is -0.508 e. The van der Waals surface area contributed by atoms with Gasteiger partial charge in [0.05, 0.1) is 0 Å². The molecule has 0 aliphatic heterocycles. The lowest BCUT2D eigenvalue weighted by Gasteiger charge is -2.06. The molecule has 0 heterocycles. The lowest BCUT2D eigenvalue weighted by atomic mass is 10.0.